The first-order valence-corrected chi connectivity index (χ1v) is 15.3. The first-order chi connectivity index (χ1) is 18.8. The zero-order valence-electron chi connectivity index (χ0n) is 22.1. The van der Waals surface area contributed by atoms with Gasteiger partial charge in [0.2, 0.25) is 11.8 Å². The lowest BCUT2D eigenvalue weighted by Gasteiger charge is -2.32. The summed E-state index contributed by atoms with van der Waals surface area (Å²) in [7, 11) is -4.27. The first kappa shape index (κ1) is 32.0. The predicted octanol–water partition coefficient (Wildman–Crippen LogP) is 6.69. The molecule has 3 rings (SSSR count). The first-order valence-electron chi connectivity index (χ1n) is 12.4. The van der Waals surface area contributed by atoms with E-state index in [9.17, 15) is 18.0 Å². The van der Waals surface area contributed by atoms with Crippen molar-refractivity contribution in [2.24, 2.45) is 5.92 Å². The molecule has 0 aliphatic heterocycles. The van der Waals surface area contributed by atoms with Gasteiger partial charge in [0.1, 0.15) is 12.6 Å². The van der Waals surface area contributed by atoms with Crippen LogP contribution in [0, 0.1) is 5.92 Å². The average Bonchev–Trinajstić information content (AvgIpc) is 2.92. The highest BCUT2D eigenvalue weighted by atomic mass is 35.5. The molecule has 3 aromatic rings. The number of carbonyl (C=O) groups is 2. The summed E-state index contributed by atoms with van der Waals surface area (Å²) < 4.78 is 28.5. The van der Waals surface area contributed by atoms with Crippen molar-refractivity contribution in [2.45, 2.75) is 38.3 Å². The van der Waals surface area contributed by atoms with Crippen LogP contribution in [0.2, 0.25) is 20.1 Å². The Morgan fingerprint density at radius 3 is 2.15 bits per heavy atom. The third-order valence-corrected chi connectivity index (χ3v) is 9.32. The molecule has 0 spiro atoms. The van der Waals surface area contributed by atoms with E-state index >= 15 is 0 Å². The molecule has 0 aliphatic rings. The number of nitrogens with zero attached hydrogens (tertiary/aromatic N) is 2. The number of hydrogen-bond donors (Lipinski definition) is 1. The van der Waals surface area contributed by atoms with E-state index in [2.05, 4.69) is 5.32 Å². The fraction of sp³-hybridized carbons (Fsp3) is 0.286. The number of nitrogens with one attached hydrogen (secondary N) is 1. The molecular formula is C28H29Cl4N3O4S. The third-order valence-electron chi connectivity index (χ3n) is 6.00. The summed E-state index contributed by atoms with van der Waals surface area (Å²) in [5.41, 5.74) is 0.627. The van der Waals surface area contributed by atoms with Gasteiger partial charge in [0.25, 0.3) is 10.0 Å². The van der Waals surface area contributed by atoms with Crippen LogP contribution in [0.25, 0.3) is 0 Å². The van der Waals surface area contributed by atoms with E-state index in [1.807, 2.05) is 13.8 Å². The molecule has 1 atom stereocenters. The number of hydrogen-bond acceptors (Lipinski definition) is 4. The van der Waals surface area contributed by atoms with Gasteiger partial charge in [-0.05, 0) is 54.8 Å². The molecule has 7 nitrogen and oxygen atoms in total. The van der Waals surface area contributed by atoms with Gasteiger partial charge in [0, 0.05) is 13.1 Å². The number of benzene rings is 3. The minimum absolute atomic E-state index is 0.0257. The normalized spacial score (nSPS) is 12.2. The van der Waals surface area contributed by atoms with E-state index in [1.165, 1.54) is 35.2 Å². The highest BCUT2D eigenvalue weighted by Gasteiger charge is 2.33. The molecule has 0 fully saturated rings. The number of amides is 2. The van der Waals surface area contributed by atoms with Crippen molar-refractivity contribution in [3.05, 3.63) is 92.4 Å². The molecule has 0 saturated heterocycles. The fourth-order valence-corrected chi connectivity index (χ4v) is 6.00. The number of rotatable bonds is 11. The Kier molecular flexibility index (Phi) is 11.1. The van der Waals surface area contributed by atoms with Crippen molar-refractivity contribution in [3.63, 3.8) is 0 Å². The second-order valence-electron chi connectivity index (χ2n) is 9.48. The Bertz CT molecular complexity index is 1470. The van der Waals surface area contributed by atoms with Crippen molar-refractivity contribution < 1.29 is 18.0 Å². The molecule has 214 valence electrons. The molecule has 0 unspecified atom stereocenters. The summed E-state index contributed by atoms with van der Waals surface area (Å²) >= 11 is 24.9. The predicted molar refractivity (Wildman–Crippen MR) is 162 cm³/mol. The second-order valence-corrected chi connectivity index (χ2v) is 12.9. The second kappa shape index (κ2) is 13.9. The number of carbonyl (C=O) groups excluding carboxylic acids is 2. The van der Waals surface area contributed by atoms with E-state index in [0.717, 1.165) is 4.31 Å². The van der Waals surface area contributed by atoms with Crippen molar-refractivity contribution in [2.75, 3.05) is 17.4 Å². The average molecular weight is 645 g/mol. The van der Waals surface area contributed by atoms with E-state index < -0.39 is 28.5 Å². The van der Waals surface area contributed by atoms with Gasteiger partial charge < -0.3 is 10.2 Å². The van der Waals surface area contributed by atoms with Crippen LogP contribution < -0.4 is 9.62 Å². The van der Waals surface area contributed by atoms with Crippen molar-refractivity contribution in [3.8, 4) is 0 Å². The minimum Gasteiger partial charge on any atom is -0.354 e. The standard InChI is InChI=1S/C28H29Cl4N3O4S/c1-18(2)15-33-28(37)19(3)34(16-20-12-13-22(29)24(31)14-20)26(36)17-35(25-11-7-10-23(30)27(25)32)40(38,39)21-8-5-4-6-9-21/h4-14,18-19H,15-17H2,1-3H3,(H,33,37)/t19-/m0/s1. The van der Waals surface area contributed by atoms with Crippen molar-refractivity contribution in [1.29, 1.82) is 0 Å². The van der Waals surface area contributed by atoms with Crippen LogP contribution in [0.1, 0.15) is 26.3 Å². The molecule has 1 N–H and O–H groups in total. The summed E-state index contributed by atoms with van der Waals surface area (Å²) in [5, 5.41) is 3.53. The molecule has 12 heteroatoms. The van der Waals surface area contributed by atoms with Gasteiger partial charge in [-0.1, -0.05) is 90.6 Å². The van der Waals surface area contributed by atoms with Crippen LogP contribution >= 0.6 is 46.4 Å². The number of anilines is 1. The lowest BCUT2D eigenvalue weighted by molar-refractivity contribution is -0.139. The van der Waals surface area contributed by atoms with Gasteiger partial charge >= 0.3 is 0 Å². The maximum Gasteiger partial charge on any atom is 0.264 e. The SMILES string of the molecule is CC(C)CNC(=O)[C@H](C)N(Cc1ccc(Cl)c(Cl)c1)C(=O)CN(c1cccc(Cl)c1Cl)S(=O)(=O)c1ccccc1. The summed E-state index contributed by atoms with van der Waals surface area (Å²) in [6.45, 7) is 5.20. The highest BCUT2D eigenvalue weighted by Crippen LogP contribution is 2.35. The Morgan fingerprint density at radius 2 is 1.52 bits per heavy atom. The van der Waals surface area contributed by atoms with Gasteiger partial charge in [-0.25, -0.2) is 8.42 Å². The summed E-state index contributed by atoms with van der Waals surface area (Å²) in [5.74, 6) is -0.846. The van der Waals surface area contributed by atoms with Crippen LogP contribution in [0.5, 0.6) is 0 Å². The molecule has 0 aliphatic carbocycles. The molecule has 0 bridgehead atoms. The van der Waals surface area contributed by atoms with Crippen LogP contribution in [-0.4, -0.2) is 44.3 Å². The Hall–Kier alpha value is -2.49. The topological polar surface area (TPSA) is 86.8 Å². The van der Waals surface area contributed by atoms with Gasteiger partial charge in [0.05, 0.1) is 30.7 Å². The lowest BCUT2D eigenvalue weighted by Crippen LogP contribution is -2.51. The zero-order valence-corrected chi connectivity index (χ0v) is 25.9. The maximum absolute atomic E-state index is 13.9. The fourth-order valence-electron chi connectivity index (χ4n) is 3.79. The Labute approximate surface area is 255 Å². The quantitative estimate of drug-likeness (QED) is 0.252. The molecule has 0 radical (unpaired) electrons. The minimum atomic E-state index is -4.27. The summed E-state index contributed by atoms with van der Waals surface area (Å²) in [6, 6.07) is 16.1. The summed E-state index contributed by atoms with van der Waals surface area (Å²) in [6.07, 6.45) is 0. The lowest BCUT2D eigenvalue weighted by atomic mass is 10.1. The highest BCUT2D eigenvalue weighted by molar-refractivity contribution is 7.92. The van der Waals surface area contributed by atoms with E-state index in [4.69, 9.17) is 46.4 Å². The Morgan fingerprint density at radius 1 is 0.850 bits per heavy atom. The Balaban J connectivity index is 2.06. The molecule has 3 aromatic carbocycles. The van der Waals surface area contributed by atoms with Gasteiger partial charge in [-0.2, -0.15) is 0 Å². The van der Waals surface area contributed by atoms with Crippen molar-refractivity contribution in [1.82, 2.24) is 10.2 Å². The van der Waals surface area contributed by atoms with Crippen LogP contribution in [-0.2, 0) is 26.2 Å². The molecule has 2 amide bonds. The van der Waals surface area contributed by atoms with Crippen LogP contribution in [0.4, 0.5) is 5.69 Å². The third kappa shape index (κ3) is 7.83. The molecule has 40 heavy (non-hydrogen) atoms. The van der Waals surface area contributed by atoms with Crippen LogP contribution in [0.3, 0.4) is 0 Å². The zero-order chi connectivity index (χ0) is 29.6. The molecule has 0 heterocycles. The number of sulfonamides is 1. The van der Waals surface area contributed by atoms with Gasteiger partial charge in [0.15, 0.2) is 0 Å². The molecular weight excluding hydrogens is 616 g/mol. The monoisotopic (exact) mass is 643 g/mol. The maximum atomic E-state index is 13.9. The number of halogens is 4. The summed E-state index contributed by atoms with van der Waals surface area (Å²) in [4.78, 5) is 28.3. The van der Waals surface area contributed by atoms with E-state index in [-0.39, 0.29) is 44.0 Å². The van der Waals surface area contributed by atoms with Gasteiger partial charge in [-0.15, -0.1) is 0 Å². The molecule has 0 saturated carbocycles. The largest absolute Gasteiger partial charge is 0.354 e. The van der Waals surface area contributed by atoms with Crippen LogP contribution in [0.15, 0.2) is 71.6 Å². The van der Waals surface area contributed by atoms with E-state index in [0.29, 0.717) is 17.1 Å². The smallest absolute Gasteiger partial charge is 0.264 e. The van der Waals surface area contributed by atoms with Crippen molar-refractivity contribution >= 4 is 73.9 Å². The molecule has 0 aromatic heterocycles. The van der Waals surface area contributed by atoms with Gasteiger partial charge in [-0.3, -0.25) is 13.9 Å². The van der Waals surface area contributed by atoms with E-state index in [1.54, 1.807) is 43.3 Å².